The summed E-state index contributed by atoms with van der Waals surface area (Å²) in [5.41, 5.74) is 1.14. The van der Waals surface area contributed by atoms with Gasteiger partial charge >= 0.3 is 5.97 Å². The molecule has 7 heteroatoms. The van der Waals surface area contributed by atoms with Crippen molar-refractivity contribution in [2.24, 2.45) is 0 Å². The average molecular weight is 334 g/mol. The third-order valence-electron chi connectivity index (χ3n) is 4.09. The second-order valence-electron chi connectivity index (χ2n) is 5.76. The second-order valence-corrected chi connectivity index (χ2v) is 7.70. The lowest BCUT2D eigenvalue weighted by Gasteiger charge is -2.26. The van der Waals surface area contributed by atoms with E-state index in [0.29, 0.717) is 29.7 Å². The van der Waals surface area contributed by atoms with Gasteiger partial charge in [0.1, 0.15) is 0 Å². The summed E-state index contributed by atoms with van der Waals surface area (Å²) >= 11 is 0. The van der Waals surface area contributed by atoms with E-state index in [1.807, 2.05) is 0 Å². The molecule has 0 unspecified atom stereocenters. The number of carbonyl (C=O) groups is 1. The summed E-state index contributed by atoms with van der Waals surface area (Å²) in [6.07, 6.45) is 2.75. The quantitative estimate of drug-likeness (QED) is 0.931. The molecule has 0 bridgehead atoms. The van der Waals surface area contributed by atoms with Crippen LogP contribution in [-0.4, -0.2) is 41.9 Å². The Labute approximate surface area is 134 Å². The van der Waals surface area contributed by atoms with Crippen molar-refractivity contribution < 1.29 is 18.3 Å². The van der Waals surface area contributed by atoms with Gasteiger partial charge < -0.3 is 5.11 Å². The lowest BCUT2D eigenvalue weighted by Crippen LogP contribution is -2.35. The van der Waals surface area contributed by atoms with Gasteiger partial charge in [0.15, 0.2) is 0 Å². The first-order valence-corrected chi connectivity index (χ1v) is 8.98. The third kappa shape index (κ3) is 2.94. The van der Waals surface area contributed by atoms with Crippen LogP contribution in [0.5, 0.6) is 0 Å². The number of hydrogen-bond acceptors (Lipinski definition) is 4. The highest BCUT2D eigenvalue weighted by molar-refractivity contribution is 7.89. The second kappa shape index (κ2) is 5.90. The predicted molar refractivity (Wildman–Crippen MR) is 86.0 cm³/mol. The number of hydrogen-bond donors (Lipinski definition) is 1. The van der Waals surface area contributed by atoms with E-state index in [1.54, 1.807) is 13.0 Å². The standard InChI is InChI=1S/C16H18N2O4S/c1-11-9-14(16(19)20)13-10-12(5-6-15(13)17-11)23(21,22)18-7-3-2-4-8-18/h5-6,9-10H,2-4,7-8H2,1H3,(H,19,20). The van der Waals surface area contributed by atoms with Crippen LogP contribution < -0.4 is 0 Å². The number of carboxylic acid groups (broad SMARTS) is 1. The van der Waals surface area contributed by atoms with Crippen molar-refractivity contribution in [3.8, 4) is 0 Å². The molecule has 122 valence electrons. The van der Waals surface area contributed by atoms with Crippen LogP contribution in [0.3, 0.4) is 0 Å². The molecule has 1 aliphatic heterocycles. The molecule has 1 aliphatic rings. The summed E-state index contributed by atoms with van der Waals surface area (Å²) in [7, 11) is -3.59. The van der Waals surface area contributed by atoms with Gasteiger partial charge in [0, 0.05) is 24.2 Å². The summed E-state index contributed by atoms with van der Waals surface area (Å²) in [4.78, 5) is 15.8. The van der Waals surface area contributed by atoms with Crippen molar-refractivity contribution in [3.63, 3.8) is 0 Å². The molecule has 0 radical (unpaired) electrons. The molecule has 2 aromatic rings. The van der Waals surface area contributed by atoms with E-state index in [-0.39, 0.29) is 10.5 Å². The van der Waals surface area contributed by atoms with E-state index in [9.17, 15) is 18.3 Å². The summed E-state index contributed by atoms with van der Waals surface area (Å²) in [5.74, 6) is -1.09. The van der Waals surface area contributed by atoms with E-state index in [2.05, 4.69) is 4.98 Å². The number of benzene rings is 1. The number of rotatable bonds is 3. The van der Waals surface area contributed by atoms with Gasteiger partial charge in [-0.2, -0.15) is 4.31 Å². The Kier molecular flexibility index (Phi) is 4.08. The van der Waals surface area contributed by atoms with Crippen LogP contribution in [0.2, 0.25) is 0 Å². The van der Waals surface area contributed by atoms with Crippen LogP contribution in [-0.2, 0) is 10.0 Å². The first-order chi connectivity index (χ1) is 10.9. The van der Waals surface area contributed by atoms with Gasteiger partial charge in [-0.05, 0) is 44.0 Å². The van der Waals surface area contributed by atoms with E-state index in [4.69, 9.17) is 0 Å². The van der Waals surface area contributed by atoms with Crippen LogP contribution >= 0.6 is 0 Å². The Morgan fingerprint density at radius 3 is 2.52 bits per heavy atom. The zero-order valence-corrected chi connectivity index (χ0v) is 13.6. The van der Waals surface area contributed by atoms with Gasteiger partial charge in [0.2, 0.25) is 10.0 Å². The van der Waals surface area contributed by atoms with Crippen molar-refractivity contribution in [2.75, 3.05) is 13.1 Å². The fraction of sp³-hybridized carbons (Fsp3) is 0.375. The van der Waals surface area contributed by atoms with Crippen LogP contribution in [0.1, 0.15) is 35.3 Å². The van der Waals surface area contributed by atoms with Crippen molar-refractivity contribution in [3.05, 3.63) is 35.5 Å². The van der Waals surface area contributed by atoms with Gasteiger partial charge in [0.25, 0.3) is 0 Å². The number of piperidine rings is 1. The molecule has 1 aromatic heterocycles. The number of aromatic carboxylic acids is 1. The molecule has 3 rings (SSSR count). The Balaban J connectivity index is 2.14. The Morgan fingerprint density at radius 2 is 1.87 bits per heavy atom. The molecule has 0 amide bonds. The van der Waals surface area contributed by atoms with E-state index < -0.39 is 16.0 Å². The lowest BCUT2D eigenvalue weighted by molar-refractivity contribution is 0.0699. The van der Waals surface area contributed by atoms with Crippen molar-refractivity contribution in [1.29, 1.82) is 0 Å². The monoisotopic (exact) mass is 334 g/mol. The third-order valence-corrected chi connectivity index (χ3v) is 5.99. The predicted octanol–water partition coefficient (Wildman–Crippen LogP) is 2.42. The smallest absolute Gasteiger partial charge is 0.336 e. The van der Waals surface area contributed by atoms with E-state index in [1.165, 1.54) is 22.5 Å². The molecule has 0 saturated carbocycles. The first-order valence-electron chi connectivity index (χ1n) is 7.54. The highest BCUT2D eigenvalue weighted by Crippen LogP contribution is 2.26. The zero-order valence-electron chi connectivity index (χ0n) is 12.8. The first kappa shape index (κ1) is 15.9. The molecular formula is C16H18N2O4S. The minimum absolute atomic E-state index is 0.0724. The number of sulfonamides is 1. The van der Waals surface area contributed by atoms with E-state index in [0.717, 1.165) is 19.3 Å². The molecule has 1 N–H and O–H groups in total. The van der Waals surface area contributed by atoms with Gasteiger partial charge in [-0.15, -0.1) is 0 Å². The molecule has 23 heavy (non-hydrogen) atoms. The normalized spacial score (nSPS) is 16.6. The average Bonchev–Trinajstić information content (AvgIpc) is 2.54. The molecule has 1 saturated heterocycles. The Morgan fingerprint density at radius 1 is 1.17 bits per heavy atom. The molecule has 0 spiro atoms. The van der Waals surface area contributed by atoms with Crippen LogP contribution in [0.15, 0.2) is 29.2 Å². The van der Waals surface area contributed by atoms with Gasteiger partial charge in [-0.25, -0.2) is 13.2 Å². The number of aryl methyl sites for hydroxylation is 1. The maximum Gasteiger partial charge on any atom is 0.336 e. The minimum Gasteiger partial charge on any atom is -0.478 e. The minimum atomic E-state index is -3.59. The molecule has 0 atom stereocenters. The largest absolute Gasteiger partial charge is 0.478 e. The number of fused-ring (bicyclic) bond motifs is 1. The van der Waals surface area contributed by atoms with Crippen molar-refractivity contribution in [2.45, 2.75) is 31.1 Å². The summed E-state index contributed by atoms with van der Waals surface area (Å²) in [6, 6.07) is 5.97. The van der Waals surface area contributed by atoms with Crippen LogP contribution in [0, 0.1) is 6.92 Å². The van der Waals surface area contributed by atoms with Crippen LogP contribution in [0.4, 0.5) is 0 Å². The van der Waals surface area contributed by atoms with Crippen molar-refractivity contribution in [1.82, 2.24) is 9.29 Å². The van der Waals surface area contributed by atoms with E-state index >= 15 is 0 Å². The number of carboxylic acids is 1. The maximum absolute atomic E-state index is 12.7. The topological polar surface area (TPSA) is 87.6 Å². The zero-order chi connectivity index (χ0) is 16.6. The molecule has 2 heterocycles. The SMILES string of the molecule is Cc1cc(C(=O)O)c2cc(S(=O)(=O)N3CCCCC3)ccc2n1. The van der Waals surface area contributed by atoms with Gasteiger partial charge in [0.05, 0.1) is 16.0 Å². The van der Waals surface area contributed by atoms with Crippen LogP contribution in [0.25, 0.3) is 10.9 Å². The van der Waals surface area contributed by atoms with Gasteiger partial charge in [-0.1, -0.05) is 6.42 Å². The molecule has 1 fully saturated rings. The molecular weight excluding hydrogens is 316 g/mol. The number of aromatic nitrogens is 1. The number of pyridine rings is 1. The summed E-state index contributed by atoms with van der Waals surface area (Å²) < 4.78 is 26.9. The molecule has 0 aliphatic carbocycles. The fourth-order valence-corrected chi connectivity index (χ4v) is 4.47. The fourth-order valence-electron chi connectivity index (χ4n) is 2.93. The number of nitrogens with zero attached hydrogens (tertiary/aromatic N) is 2. The highest BCUT2D eigenvalue weighted by Gasteiger charge is 2.26. The maximum atomic E-state index is 12.7. The summed E-state index contributed by atoms with van der Waals surface area (Å²) in [5, 5.41) is 9.71. The van der Waals surface area contributed by atoms with Gasteiger partial charge in [-0.3, -0.25) is 4.98 Å². The molecule has 1 aromatic carbocycles. The Bertz CT molecular complexity index is 871. The Hall–Kier alpha value is -1.99. The van der Waals surface area contributed by atoms with Crippen molar-refractivity contribution >= 4 is 26.9 Å². The molecule has 6 nitrogen and oxygen atoms in total. The summed E-state index contributed by atoms with van der Waals surface area (Å²) in [6.45, 7) is 2.74. The lowest BCUT2D eigenvalue weighted by atomic mass is 10.1. The highest BCUT2D eigenvalue weighted by atomic mass is 32.2.